The van der Waals surface area contributed by atoms with Crippen molar-refractivity contribution in [2.45, 2.75) is 38.5 Å². The van der Waals surface area contributed by atoms with E-state index in [1.54, 1.807) is 20.8 Å². The molecule has 0 heterocycles. The monoisotopic (exact) mass is 235 g/mol. The lowest BCUT2D eigenvalue weighted by Gasteiger charge is -2.11. The van der Waals surface area contributed by atoms with Gasteiger partial charge in [-0.2, -0.15) is 0 Å². The van der Waals surface area contributed by atoms with Crippen molar-refractivity contribution in [2.24, 2.45) is 0 Å². The van der Waals surface area contributed by atoms with E-state index < -0.39 is 22.0 Å². The first kappa shape index (κ1) is 14.1. The maximum Gasteiger partial charge on any atom is 0.319 e. The van der Waals surface area contributed by atoms with Crippen molar-refractivity contribution in [1.82, 2.24) is 5.32 Å². The highest BCUT2D eigenvalue weighted by Gasteiger charge is 2.24. The van der Waals surface area contributed by atoms with Gasteiger partial charge >= 0.3 is 5.97 Å². The average molecular weight is 235 g/mol. The average Bonchev–Trinajstić information content (AvgIpc) is 2.01. The second kappa shape index (κ2) is 6.55. The van der Waals surface area contributed by atoms with E-state index in [0.29, 0.717) is 0 Å². The van der Waals surface area contributed by atoms with Crippen LogP contribution in [0.4, 0.5) is 0 Å². The molecule has 88 valence electrons. The molecule has 0 aliphatic rings. The fraction of sp³-hybridized carbons (Fsp3) is 0.778. The maximum atomic E-state index is 11.5. The van der Waals surface area contributed by atoms with Crippen LogP contribution in [0.25, 0.3) is 0 Å². The summed E-state index contributed by atoms with van der Waals surface area (Å²) in [5, 5.41) is 10.3. The predicted molar refractivity (Wildman–Crippen MR) is 58.0 cm³/mol. The molecule has 0 radical (unpaired) electrons. The predicted octanol–water partition coefficient (Wildman–Crippen LogP) is 0.123. The van der Waals surface area contributed by atoms with Crippen LogP contribution in [-0.2, 0) is 20.4 Å². The molecular weight excluding hydrogens is 218 g/mol. The number of rotatable bonds is 6. The zero-order valence-electron chi connectivity index (χ0n) is 9.15. The molecule has 0 bridgehead atoms. The number of hydrogen-bond donors (Lipinski definition) is 2. The summed E-state index contributed by atoms with van der Waals surface area (Å²) >= 11 is 0. The van der Waals surface area contributed by atoms with Crippen LogP contribution in [-0.4, -0.2) is 38.2 Å². The van der Waals surface area contributed by atoms with E-state index >= 15 is 0 Å². The highest BCUT2D eigenvalue weighted by molar-refractivity contribution is 7.87. The standard InChI is InChI=1S/C9H17NO4S/c1-4-7(9(12)13)15(14)5-8(11)10-6(2)3/h6-7H,4-5H2,1-3H3,(H,10,11)(H,12,13). The minimum absolute atomic E-state index is 0.0283. The lowest BCUT2D eigenvalue weighted by molar-refractivity contribution is -0.136. The molecule has 2 atom stereocenters. The SMILES string of the molecule is CCC(C(=O)O)S(=O)CC(=O)NC(C)C. The summed E-state index contributed by atoms with van der Waals surface area (Å²) in [6.07, 6.45) is 0.261. The fourth-order valence-electron chi connectivity index (χ4n) is 1.07. The van der Waals surface area contributed by atoms with Crippen LogP contribution in [0.1, 0.15) is 27.2 Å². The van der Waals surface area contributed by atoms with Crippen molar-refractivity contribution < 1.29 is 18.9 Å². The lowest BCUT2D eigenvalue weighted by atomic mass is 10.3. The summed E-state index contributed by atoms with van der Waals surface area (Å²) in [5.74, 6) is -1.74. The summed E-state index contributed by atoms with van der Waals surface area (Å²) in [6, 6.07) is -0.0283. The number of carbonyl (C=O) groups excluding carboxylic acids is 1. The van der Waals surface area contributed by atoms with Crippen LogP contribution in [0.5, 0.6) is 0 Å². The molecule has 0 aromatic heterocycles. The number of aliphatic carboxylic acids is 1. The van der Waals surface area contributed by atoms with Gasteiger partial charge in [-0.05, 0) is 20.3 Å². The number of carboxylic acids is 1. The Kier molecular flexibility index (Phi) is 6.15. The Labute approximate surface area is 91.7 Å². The summed E-state index contributed by atoms with van der Waals surface area (Å²) < 4.78 is 11.5. The molecule has 0 spiro atoms. The topological polar surface area (TPSA) is 83.5 Å². The van der Waals surface area contributed by atoms with Crippen LogP contribution in [0, 0.1) is 0 Å². The van der Waals surface area contributed by atoms with Gasteiger partial charge in [0.1, 0.15) is 11.0 Å². The molecule has 0 aromatic rings. The molecule has 15 heavy (non-hydrogen) atoms. The smallest absolute Gasteiger partial charge is 0.319 e. The second-order valence-corrected chi connectivity index (χ2v) is 5.10. The van der Waals surface area contributed by atoms with Crippen LogP contribution >= 0.6 is 0 Å². The van der Waals surface area contributed by atoms with E-state index in [-0.39, 0.29) is 24.1 Å². The lowest BCUT2D eigenvalue weighted by Crippen LogP contribution is -2.37. The van der Waals surface area contributed by atoms with Crippen molar-refractivity contribution in [2.75, 3.05) is 5.75 Å². The fourth-order valence-corrected chi connectivity index (χ4v) is 2.21. The molecule has 0 aliphatic carbocycles. The maximum absolute atomic E-state index is 11.5. The molecule has 0 fully saturated rings. The van der Waals surface area contributed by atoms with Gasteiger partial charge in [0.25, 0.3) is 0 Å². The second-order valence-electron chi connectivity index (χ2n) is 3.48. The van der Waals surface area contributed by atoms with E-state index in [4.69, 9.17) is 5.11 Å². The molecule has 6 heteroatoms. The van der Waals surface area contributed by atoms with Gasteiger partial charge in [-0.15, -0.1) is 0 Å². The normalized spacial score (nSPS) is 14.7. The highest BCUT2D eigenvalue weighted by Crippen LogP contribution is 2.02. The van der Waals surface area contributed by atoms with Gasteiger partial charge in [0.2, 0.25) is 5.91 Å². The van der Waals surface area contributed by atoms with Gasteiger partial charge in [0.05, 0.1) is 0 Å². The van der Waals surface area contributed by atoms with E-state index in [1.165, 1.54) is 0 Å². The minimum Gasteiger partial charge on any atom is -0.480 e. The molecule has 0 aromatic carbocycles. The van der Waals surface area contributed by atoms with Crippen molar-refractivity contribution >= 4 is 22.7 Å². The number of amides is 1. The number of hydrogen-bond acceptors (Lipinski definition) is 3. The largest absolute Gasteiger partial charge is 0.480 e. The van der Waals surface area contributed by atoms with Crippen LogP contribution < -0.4 is 5.32 Å². The van der Waals surface area contributed by atoms with Gasteiger partial charge in [-0.1, -0.05) is 6.92 Å². The molecule has 2 N–H and O–H groups in total. The van der Waals surface area contributed by atoms with E-state index in [1.807, 2.05) is 0 Å². The van der Waals surface area contributed by atoms with Crippen molar-refractivity contribution in [3.8, 4) is 0 Å². The van der Waals surface area contributed by atoms with E-state index in [0.717, 1.165) is 0 Å². The molecule has 0 aliphatic heterocycles. The number of nitrogens with one attached hydrogen (secondary N) is 1. The molecular formula is C9H17NO4S. The number of carboxylic acid groups (broad SMARTS) is 1. The Morgan fingerprint density at radius 2 is 1.93 bits per heavy atom. The first-order valence-electron chi connectivity index (χ1n) is 4.77. The quantitative estimate of drug-likeness (QED) is 0.685. The van der Waals surface area contributed by atoms with Gasteiger partial charge in [-0.25, -0.2) is 0 Å². The van der Waals surface area contributed by atoms with Crippen LogP contribution in [0.3, 0.4) is 0 Å². The summed E-state index contributed by atoms with van der Waals surface area (Å²) in [4.78, 5) is 21.9. The van der Waals surface area contributed by atoms with Gasteiger partial charge in [-0.3, -0.25) is 13.8 Å². The van der Waals surface area contributed by atoms with E-state index in [9.17, 15) is 13.8 Å². The van der Waals surface area contributed by atoms with Crippen LogP contribution in [0.2, 0.25) is 0 Å². The van der Waals surface area contributed by atoms with Crippen molar-refractivity contribution in [3.05, 3.63) is 0 Å². The molecule has 1 amide bonds. The van der Waals surface area contributed by atoms with Gasteiger partial charge < -0.3 is 10.4 Å². The summed E-state index contributed by atoms with van der Waals surface area (Å²) in [5.41, 5.74) is 0. The molecule has 0 saturated carbocycles. The van der Waals surface area contributed by atoms with Crippen LogP contribution in [0.15, 0.2) is 0 Å². The van der Waals surface area contributed by atoms with E-state index in [2.05, 4.69) is 5.32 Å². The summed E-state index contributed by atoms with van der Waals surface area (Å²) in [6.45, 7) is 5.21. The number of carbonyl (C=O) groups is 2. The Morgan fingerprint density at radius 3 is 2.27 bits per heavy atom. The first-order chi connectivity index (χ1) is 6.88. The molecule has 0 rings (SSSR count). The minimum atomic E-state index is -1.65. The summed E-state index contributed by atoms with van der Waals surface area (Å²) in [7, 11) is -1.65. The Hall–Kier alpha value is -0.910. The Bertz CT molecular complexity index is 265. The van der Waals surface area contributed by atoms with Crippen molar-refractivity contribution in [1.29, 1.82) is 0 Å². The van der Waals surface area contributed by atoms with Gasteiger partial charge in [0.15, 0.2) is 0 Å². The zero-order chi connectivity index (χ0) is 12.0. The Morgan fingerprint density at radius 1 is 1.40 bits per heavy atom. The van der Waals surface area contributed by atoms with Gasteiger partial charge in [0, 0.05) is 16.8 Å². The highest BCUT2D eigenvalue weighted by atomic mass is 32.2. The Balaban J connectivity index is 4.22. The first-order valence-corrected chi connectivity index (χ1v) is 6.16. The third-order valence-electron chi connectivity index (χ3n) is 1.69. The molecule has 0 saturated heterocycles. The molecule has 5 nitrogen and oxygen atoms in total. The van der Waals surface area contributed by atoms with Crippen molar-refractivity contribution in [3.63, 3.8) is 0 Å². The zero-order valence-corrected chi connectivity index (χ0v) is 9.97. The third kappa shape index (κ3) is 5.51. The third-order valence-corrected chi connectivity index (χ3v) is 3.40. The molecule has 2 unspecified atom stereocenters.